The summed E-state index contributed by atoms with van der Waals surface area (Å²) in [5, 5.41) is 4.93. The molecule has 0 fully saturated rings. The van der Waals surface area contributed by atoms with Crippen LogP contribution in [-0.2, 0) is 20.9 Å². The number of nitrogens with zero attached hydrogens (tertiary/aromatic N) is 3. The van der Waals surface area contributed by atoms with Gasteiger partial charge in [-0.05, 0) is 151 Å². The Kier molecular flexibility index (Phi) is 13.4. The maximum atomic E-state index is 11.8. The van der Waals surface area contributed by atoms with E-state index in [0.717, 1.165) is 57.5 Å². The summed E-state index contributed by atoms with van der Waals surface area (Å²) in [5.74, 6) is -0.251. The fourth-order valence-electron chi connectivity index (χ4n) is 10.9. The molecule has 1 aliphatic carbocycles. The molecule has 2 heterocycles. The third kappa shape index (κ3) is 9.29. The van der Waals surface area contributed by atoms with Crippen LogP contribution in [0.15, 0.2) is 177 Å². The summed E-state index contributed by atoms with van der Waals surface area (Å²) in [5.41, 5.74) is 12.9. The summed E-state index contributed by atoms with van der Waals surface area (Å²) in [4.78, 5) is 4.82. The van der Waals surface area contributed by atoms with Gasteiger partial charge in [-0.2, -0.15) is 13.0 Å². The Hall–Kier alpha value is -5.06. The molecule has 6 aromatic rings. The zero-order chi connectivity index (χ0) is 47.1. The maximum Gasteiger partial charge on any atom is 0.264 e. The number of anilines is 3. The van der Waals surface area contributed by atoms with Crippen molar-refractivity contribution in [2.45, 2.75) is 90.4 Å². The second-order valence-corrected chi connectivity index (χ2v) is 22.6. The van der Waals surface area contributed by atoms with Crippen LogP contribution in [0.2, 0.25) is 0 Å². The molecule has 6 aromatic carbocycles. The van der Waals surface area contributed by atoms with Crippen molar-refractivity contribution < 1.29 is 17.5 Å². The molecular weight excluding hydrogens is 979 g/mol. The average Bonchev–Trinajstić information content (AvgIpc) is 3.87. The standard InChI is InChI=1S/C58H59Br2N3O3S/c1-6-7-14-35-61-50-31-23-42-38-44(59)27-29-48(42)54(50)57(2,3)52(61)33-25-40-21-22-41(56(40)63(46-17-10-8-11-18-46)47-19-12-9-13-20-47)26-34-53-58(4,5)55-49-30-28-45(60)39-43(49)24-32-51(55)62(53)36-15-16-37-67(64,65)66/h8-13,17-20,23-34,38-39H,6-7,14-16,21-22,35-37H2,1-5H3/p+1. The molecule has 9 heteroatoms. The topological polar surface area (TPSA) is 63.9 Å². The first-order valence-corrected chi connectivity index (χ1v) is 26.9. The van der Waals surface area contributed by atoms with E-state index in [1.165, 1.54) is 73.8 Å². The first-order chi connectivity index (χ1) is 32.2. The van der Waals surface area contributed by atoms with Gasteiger partial charge in [0.25, 0.3) is 10.1 Å². The van der Waals surface area contributed by atoms with Gasteiger partial charge in [-0.15, -0.1) is 0 Å². The van der Waals surface area contributed by atoms with Gasteiger partial charge in [0.1, 0.15) is 6.54 Å². The molecule has 0 unspecified atom stereocenters. The van der Waals surface area contributed by atoms with Crippen molar-refractivity contribution in [3.63, 3.8) is 0 Å². The van der Waals surface area contributed by atoms with Crippen molar-refractivity contribution in [1.82, 2.24) is 0 Å². The van der Waals surface area contributed by atoms with E-state index in [0.29, 0.717) is 19.4 Å². The van der Waals surface area contributed by atoms with Gasteiger partial charge >= 0.3 is 0 Å². The van der Waals surface area contributed by atoms with Crippen LogP contribution in [0.25, 0.3) is 21.5 Å². The van der Waals surface area contributed by atoms with Gasteiger partial charge < -0.3 is 9.80 Å². The minimum absolute atomic E-state index is 0.236. The maximum absolute atomic E-state index is 11.8. The van der Waals surface area contributed by atoms with E-state index in [4.69, 9.17) is 0 Å². The number of hydrogen-bond acceptors (Lipinski definition) is 4. The smallest absolute Gasteiger partial charge is 0.264 e. The zero-order valence-electron chi connectivity index (χ0n) is 39.2. The van der Waals surface area contributed by atoms with Crippen LogP contribution in [-0.4, -0.2) is 42.1 Å². The average molecular weight is 1040 g/mol. The van der Waals surface area contributed by atoms with E-state index in [-0.39, 0.29) is 16.6 Å². The molecule has 0 amide bonds. The Morgan fingerprint density at radius 1 is 0.701 bits per heavy atom. The first-order valence-electron chi connectivity index (χ1n) is 23.7. The minimum Gasteiger partial charge on any atom is -0.344 e. The lowest BCUT2D eigenvalue weighted by Gasteiger charge is -2.29. The Morgan fingerprint density at radius 3 is 1.96 bits per heavy atom. The summed E-state index contributed by atoms with van der Waals surface area (Å²) in [6.07, 6.45) is 15.7. The fourth-order valence-corrected chi connectivity index (χ4v) is 12.3. The molecule has 1 N–H and O–H groups in total. The Morgan fingerprint density at radius 2 is 1.33 bits per heavy atom. The first kappa shape index (κ1) is 47.0. The van der Waals surface area contributed by atoms with Crippen molar-refractivity contribution in [1.29, 1.82) is 0 Å². The van der Waals surface area contributed by atoms with Gasteiger partial charge in [-0.1, -0.05) is 126 Å². The Labute approximate surface area is 414 Å². The van der Waals surface area contributed by atoms with Gasteiger partial charge in [-0.25, -0.2) is 0 Å². The van der Waals surface area contributed by atoms with Crippen molar-refractivity contribution >= 4 is 92.0 Å². The highest BCUT2D eigenvalue weighted by molar-refractivity contribution is 9.10. The van der Waals surface area contributed by atoms with Gasteiger partial charge in [-0.3, -0.25) is 4.55 Å². The van der Waals surface area contributed by atoms with Crippen molar-refractivity contribution in [3.8, 4) is 0 Å². The highest BCUT2D eigenvalue weighted by Gasteiger charge is 2.46. The summed E-state index contributed by atoms with van der Waals surface area (Å²) in [6, 6.07) is 43.6. The van der Waals surface area contributed by atoms with E-state index >= 15 is 0 Å². The second kappa shape index (κ2) is 19.1. The van der Waals surface area contributed by atoms with E-state index in [1.54, 1.807) is 0 Å². The number of fused-ring (bicyclic) bond motifs is 6. The number of rotatable bonds is 15. The molecule has 0 saturated carbocycles. The largest absolute Gasteiger partial charge is 0.344 e. The van der Waals surface area contributed by atoms with Crippen LogP contribution >= 0.6 is 31.9 Å². The molecular formula is C58H60Br2N3O3S+. The van der Waals surface area contributed by atoms with Crippen LogP contribution in [0.4, 0.5) is 22.7 Å². The summed E-state index contributed by atoms with van der Waals surface area (Å²) < 4.78 is 37.8. The quantitative estimate of drug-likeness (QED) is 0.0631. The van der Waals surface area contributed by atoms with E-state index < -0.39 is 10.1 Å². The van der Waals surface area contributed by atoms with Crippen molar-refractivity contribution in [2.24, 2.45) is 0 Å². The Balaban J connectivity index is 1.20. The van der Waals surface area contributed by atoms with E-state index in [1.807, 2.05) is 0 Å². The molecule has 3 aliphatic rings. The zero-order valence-corrected chi connectivity index (χ0v) is 43.2. The van der Waals surface area contributed by atoms with Crippen molar-refractivity contribution in [2.75, 3.05) is 28.6 Å². The molecule has 344 valence electrons. The Bertz CT molecular complexity index is 3110. The van der Waals surface area contributed by atoms with Crippen molar-refractivity contribution in [3.05, 3.63) is 188 Å². The number of hydrogen-bond donors (Lipinski definition) is 1. The highest BCUT2D eigenvalue weighted by Crippen LogP contribution is 2.52. The highest BCUT2D eigenvalue weighted by atomic mass is 79.9. The lowest BCUT2D eigenvalue weighted by molar-refractivity contribution is -0.438. The van der Waals surface area contributed by atoms with Crippen LogP contribution in [0, 0.1) is 0 Å². The molecule has 0 atom stereocenters. The van der Waals surface area contributed by atoms with E-state index in [2.05, 4.69) is 226 Å². The van der Waals surface area contributed by atoms with Gasteiger partial charge in [0.05, 0.1) is 16.9 Å². The van der Waals surface area contributed by atoms with Crippen LogP contribution in [0.1, 0.15) is 90.7 Å². The molecule has 0 aromatic heterocycles. The minimum atomic E-state index is -4.05. The summed E-state index contributed by atoms with van der Waals surface area (Å²) in [6.45, 7) is 13.3. The lowest BCUT2D eigenvalue weighted by atomic mass is 9.79. The molecule has 2 aliphatic heterocycles. The SMILES string of the molecule is CCCCC[N+]1=C(/C=C/C2=C(N(c3ccccc3)c3ccccc3)C(=C/C=C3/N(CCCCS(=O)(=O)O)c4ccc5cc(Br)ccc5c4C3(C)C)/CC2)C(C)(C)c2c1ccc1cc(Br)ccc21. The third-order valence-corrected chi connectivity index (χ3v) is 15.8. The van der Waals surface area contributed by atoms with Crippen LogP contribution < -0.4 is 9.80 Å². The van der Waals surface area contributed by atoms with E-state index in [9.17, 15) is 13.0 Å². The fraction of sp³-hybridized carbons (Fsp3) is 0.293. The van der Waals surface area contributed by atoms with Gasteiger partial charge in [0, 0.05) is 67.8 Å². The summed E-state index contributed by atoms with van der Waals surface area (Å²) >= 11 is 7.42. The molecule has 0 radical (unpaired) electrons. The molecule has 0 spiro atoms. The predicted octanol–water partition coefficient (Wildman–Crippen LogP) is 15.8. The molecule has 6 nitrogen and oxygen atoms in total. The molecule has 0 bridgehead atoms. The molecule has 67 heavy (non-hydrogen) atoms. The van der Waals surface area contributed by atoms with Crippen LogP contribution in [0.3, 0.4) is 0 Å². The third-order valence-electron chi connectivity index (χ3n) is 14.0. The predicted molar refractivity (Wildman–Crippen MR) is 288 cm³/mol. The normalized spacial score (nSPS) is 17.8. The number of benzene rings is 6. The number of halogens is 2. The van der Waals surface area contributed by atoms with Gasteiger partial charge in [0.2, 0.25) is 5.69 Å². The number of unbranched alkanes of at least 4 members (excludes halogenated alkanes) is 3. The number of para-hydroxylation sites is 2. The monoisotopic (exact) mass is 1040 g/mol. The summed E-state index contributed by atoms with van der Waals surface area (Å²) in [7, 11) is -4.05. The lowest BCUT2D eigenvalue weighted by Crippen LogP contribution is -2.28. The number of allylic oxidation sites excluding steroid dienone is 7. The van der Waals surface area contributed by atoms with Crippen LogP contribution in [0.5, 0.6) is 0 Å². The molecule has 0 saturated heterocycles. The second-order valence-electron chi connectivity index (χ2n) is 19.2. The molecule has 9 rings (SSSR count). The van der Waals surface area contributed by atoms with Gasteiger partial charge in [0.15, 0.2) is 5.71 Å².